The van der Waals surface area contributed by atoms with Gasteiger partial charge in [0.25, 0.3) is 0 Å². The zero-order valence-electron chi connectivity index (χ0n) is 13.2. The van der Waals surface area contributed by atoms with Crippen molar-refractivity contribution in [3.05, 3.63) is 0 Å². The maximum Gasteiger partial charge on any atom is 0.0587 e. The number of nitrogens with zero attached hydrogens (tertiary/aromatic N) is 2. The van der Waals surface area contributed by atoms with Crippen LogP contribution in [0.3, 0.4) is 0 Å². The normalized spacial score (nSPS) is 18.3. The van der Waals surface area contributed by atoms with E-state index in [-0.39, 0.29) is 0 Å². The van der Waals surface area contributed by atoms with Crippen LogP contribution < -0.4 is 5.32 Å². The Morgan fingerprint density at radius 1 is 1.21 bits per heavy atom. The van der Waals surface area contributed by atoms with Crippen molar-refractivity contribution in [3.8, 4) is 0 Å². The second kappa shape index (κ2) is 10.6. The summed E-state index contributed by atoms with van der Waals surface area (Å²) >= 11 is 0. The summed E-state index contributed by atoms with van der Waals surface area (Å²) in [5.74, 6) is 0. The summed E-state index contributed by atoms with van der Waals surface area (Å²) < 4.78 is 5.01. The van der Waals surface area contributed by atoms with Gasteiger partial charge >= 0.3 is 0 Å². The third kappa shape index (κ3) is 7.25. The number of likely N-dealkylation sites (tertiary alicyclic amines) is 1. The van der Waals surface area contributed by atoms with Gasteiger partial charge in [-0.25, -0.2) is 0 Å². The van der Waals surface area contributed by atoms with Crippen molar-refractivity contribution < 1.29 is 4.74 Å². The fourth-order valence-electron chi connectivity index (χ4n) is 2.77. The molecule has 0 radical (unpaired) electrons. The van der Waals surface area contributed by atoms with Gasteiger partial charge < -0.3 is 19.9 Å². The van der Waals surface area contributed by atoms with Gasteiger partial charge in [-0.1, -0.05) is 6.92 Å². The van der Waals surface area contributed by atoms with Gasteiger partial charge in [-0.2, -0.15) is 0 Å². The van der Waals surface area contributed by atoms with Crippen LogP contribution in [0.5, 0.6) is 0 Å². The van der Waals surface area contributed by atoms with E-state index in [1.165, 1.54) is 51.9 Å². The van der Waals surface area contributed by atoms with Crippen molar-refractivity contribution in [1.82, 2.24) is 15.1 Å². The minimum atomic E-state index is 0.809. The Balaban J connectivity index is 1.97. The minimum Gasteiger partial charge on any atom is -0.383 e. The van der Waals surface area contributed by atoms with Crippen LogP contribution in [-0.4, -0.2) is 75.9 Å². The van der Waals surface area contributed by atoms with E-state index in [1.54, 1.807) is 7.11 Å². The molecule has 19 heavy (non-hydrogen) atoms. The molecule has 4 nitrogen and oxygen atoms in total. The molecular formula is C15H33N3O. The summed E-state index contributed by atoms with van der Waals surface area (Å²) in [5.41, 5.74) is 0. The maximum absolute atomic E-state index is 5.01. The van der Waals surface area contributed by atoms with E-state index in [4.69, 9.17) is 4.74 Å². The van der Waals surface area contributed by atoms with Crippen molar-refractivity contribution in [1.29, 1.82) is 0 Å². The monoisotopic (exact) mass is 271 g/mol. The molecule has 0 atom stereocenters. The van der Waals surface area contributed by atoms with E-state index in [9.17, 15) is 0 Å². The molecule has 0 aromatic rings. The molecule has 1 aliphatic heterocycles. The van der Waals surface area contributed by atoms with Crippen LogP contribution in [0.1, 0.15) is 32.6 Å². The van der Waals surface area contributed by atoms with Crippen LogP contribution in [-0.2, 0) is 4.74 Å². The Morgan fingerprint density at radius 3 is 2.58 bits per heavy atom. The lowest BCUT2D eigenvalue weighted by molar-refractivity contribution is 0.130. The molecule has 0 unspecified atom stereocenters. The number of methoxy groups -OCH3 is 1. The van der Waals surface area contributed by atoms with Crippen LogP contribution in [0.4, 0.5) is 0 Å². The van der Waals surface area contributed by atoms with Gasteiger partial charge in [-0.3, -0.25) is 0 Å². The van der Waals surface area contributed by atoms with Crippen molar-refractivity contribution in [2.75, 3.05) is 60.0 Å². The largest absolute Gasteiger partial charge is 0.383 e. The first kappa shape index (κ1) is 16.9. The van der Waals surface area contributed by atoms with Crippen molar-refractivity contribution in [3.63, 3.8) is 0 Å². The van der Waals surface area contributed by atoms with E-state index in [2.05, 4.69) is 29.1 Å². The highest BCUT2D eigenvalue weighted by molar-refractivity contribution is 4.77. The first-order valence-electron chi connectivity index (χ1n) is 7.90. The SMILES string of the molecule is CCN1CCC(N(C)CCCCNCCOC)CC1. The first-order chi connectivity index (χ1) is 9.27. The van der Waals surface area contributed by atoms with Crippen LogP contribution in [0.25, 0.3) is 0 Å². The van der Waals surface area contributed by atoms with Gasteiger partial charge in [0.1, 0.15) is 0 Å². The standard InChI is InChI=1S/C15H33N3O/c1-4-18-12-7-15(8-13-18)17(2)11-6-5-9-16-10-14-19-3/h15-16H,4-14H2,1-3H3. The number of nitrogens with one attached hydrogen (secondary N) is 1. The topological polar surface area (TPSA) is 27.7 Å². The zero-order chi connectivity index (χ0) is 13.9. The van der Waals surface area contributed by atoms with Crippen LogP contribution in [0.2, 0.25) is 0 Å². The molecule has 0 aromatic heterocycles. The molecule has 1 heterocycles. The smallest absolute Gasteiger partial charge is 0.0587 e. The maximum atomic E-state index is 5.01. The highest BCUT2D eigenvalue weighted by Crippen LogP contribution is 2.15. The lowest BCUT2D eigenvalue weighted by Gasteiger charge is -2.36. The number of unbranched alkanes of at least 4 members (excludes halogenated alkanes) is 1. The van der Waals surface area contributed by atoms with Gasteiger partial charge in [0.05, 0.1) is 6.61 Å². The lowest BCUT2D eigenvalue weighted by Crippen LogP contribution is -2.43. The van der Waals surface area contributed by atoms with Gasteiger partial charge in [-0.15, -0.1) is 0 Å². The summed E-state index contributed by atoms with van der Waals surface area (Å²) in [6, 6.07) is 0.809. The van der Waals surface area contributed by atoms with E-state index in [0.717, 1.165) is 25.7 Å². The Morgan fingerprint density at radius 2 is 1.95 bits per heavy atom. The predicted molar refractivity (Wildman–Crippen MR) is 81.7 cm³/mol. The van der Waals surface area contributed by atoms with Gasteiger partial charge in [-0.05, 0) is 65.5 Å². The predicted octanol–water partition coefficient (Wildman–Crippen LogP) is 1.42. The molecule has 0 spiro atoms. The fraction of sp³-hybridized carbons (Fsp3) is 1.00. The molecule has 1 saturated heterocycles. The Hall–Kier alpha value is -0.160. The van der Waals surface area contributed by atoms with E-state index >= 15 is 0 Å². The average Bonchev–Trinajstić information content (AvgIpc) is 2.46. The molecular weight excluding hydrogens is 238 g/mol. The second-order valence-electron chi connectivity index (χ2n) is 5.60. The summed E-state index contributed by atoms with van der Waals surface area (Å²) in [4.78, 5) is 5.13. The summed E-state index contributed by atoms with van der Waals surface area (Å²) in [6.45, 7) is 10.2. The zero-order valence-corrected chi connectivity index (χ0v) is 13.2. The molecule has 114 valence electrons. The molecule has 1 rings (SSSR count). The number of rotatable bonds is 10. The number of piperidine rings is 1. The van der Waals surface area contributed by atoms with Crippen molar-refractivity contribution in [2.24, 2.45) is 0 Å². The van der Waals surface area contributed by atoms with Gasteiger partial charge in [0.15, 0.2) is 0 Å². The second-order valence-corrected chi connectivity index (χ2v) is 5.60. The Bertz CT molecular complexity index is 206. The van der Waals surface area contributed by atoms with Gasteiger partial charge in [0.2, 0.25) is 0 Å². The number of hydrogen-bond donors (Lipinski definition) is 1. The minimum absolute atomic E-state index is 0.809. The highest BCUT2D eigenvalue weighted by atomic mass is 16.5. The van der Waals surface area contributed by atoms with Crippen LogP contribution >= 0.6 is 0 Å². The fourth-order valence-corrected chi connectivity index (χ4v) is 2.77. The van der Waals surface area contributed by atoms with Crippen molar-refractivity contribution >= 4 is 0 Å². The van der Waals surface area contributed by atoms with Crippen molar-refractivity contribution in [2.45, 2.75) is 38.6 Å². The Labute approximate surface area is 119 Å². The third-order valence-electron chi connectivity index (χ3n) is 4.22. The molecule has 1 fully saturated rings. The summed E-state index contributed by atoms with van der Waals surface area (Å²) in [7, 11) is 4.05. The molecule has 0 amide bonds. The number of hydrogen-bond acceptors (Lipinski definition) is 4. The molecule has 0 saturated carbocycles. The molecule has 0 bridgehead atoms. The molecule has 1 aliphatic rings. The lowest BCUT2D eigenvalue weighted by atomic mass is 10.0. The highest BCUT2D eigenvalue weighted by Gasteiger charge is 2.20. The summed E-state index contributed by atoms with van der Waals surface area (Å²) in [5, 5.41) is 3.40. The quantitative estimate of drug-likeness (QED) is 0.608. The van der Waals surface area contributed by atoms with Crippen LogP contribution in [0.15, 0.2) is 0 Å². The van der Waals surface area contributed by atoms with Gasteiger partial charge in [0, 0.05) is 19.7 Å². The van der Waals surface area contributed by atoms with E-state index in [0.29, 0.717) is 0 Å². The number of ether oxygens (including phenoxy) is 1. The molecule has 0 aliphatic carbocycles. The van der Waals surface area contributed by atoms with Crippen LogP contribution in [0, 0.1) is 0 Å². The third-order valence-corrected chi connectivity index (χ3v) is 4.22. The molecule has 1 N–H and O–H groups in total. The molecule has 0 aromatic carbocycles. The van der Waals surface area contributed by atoms with E-state index in [1.807, 2.05) is 0 Å². The first-order valence-corrected chi connectivity index (χ1v) is 7.90. The summed E-state index contributed by atoms with van der Waals surface area (Å²) in [6.07, 6.45) is 5.25. The van der Waals surface area contributed by atoms with E-state index < -0.39 is 0 Å². The average molecular weight is 271 g/mol. The molecule has 4 heteroatoms. The Kier molecular flexibility index (Phi) is 9.43.